The number of benzene rings is 2. The number of hydrogen-bond acceptors (Lipinski definition) is 4. The van der Waals surface area contributed by atoms with E-state index in [0.29, 0.717) is 23.8 Å². The quantitative estimate of drug-likeness (QED) is 0.326. The minimum atomic E-state index is -4.82. The van der Waals surface area contributed by atoms with Gasteiger partial charge in [0, 0.05) is 25.6 Å². The molecule has 1 aliphatic carbocycles. The molecule has 1 atom stereocenters. The van der Waals surface area contributed by atoms with Crippen LogP contribution >= 0.6 is 0 Å². The molecule has 202 valence electrons. The molecule has 1 heterocycles. The van der Waals surface area contributed by atoms with Gasteiger partial charge in [-0.15, -0.1) is 0 Å². The van der Waals surface area contributed by atoms with Gasteiger partial charge in [-0.2, -0.15) is 26.3 Å². The number of esters is 1. The van der Waals surface area contributed by atoms with Crippen LogP contribution in [0.2, 0.25) is 0 Å². The van der Waals surface area contributed by atoms with Crippen LogP contribution < -0.4 is 0 Å². The fourth-order valence-corrected chi connectivity index (χ4v) is 3.72. The molecule has 1 saturated carbocycles. The Balaban J connectivity index is 0.00000118. The van der Waals surface area contributed by atoms with E-state index < -0.39 is 53.1 Å². The number of hydrogen-bond donors (Lipinski definition) is 1. The van der Waals surface area contributed by atoms with Crippen molar-refractivity contribution in [2.24, 2.45) is 0 Å². The van der Waals surface area contributed by atoms with E-state index in [2.05, 4.69) is 0 Å². The van der Waals surface area contributed by atoms with Crippen LogP contribution in [0.15, 0.2) is 42.5 Å². The first-order valence-electron chi connectivity index (χ1n) is 11.8. The van der Waals surface area contributed by atoms with E-state index >= 15 is 0 Å². The molecule has 0 bridgehead atoms. The van der Waals surface area contributed by atoms with Gasteiger partial charge in [0.2, 0.25) is 0 Å². The van der Waals surface area contributed by atoms with Crippen LogP contribution in [-0.2, 0) is 28.3 Å². The van der Waals surface area contributed by atoms with Gasteiger partial charge >= 0.3 is 24.3 Å². The Labute approximate surface area is 210 Å². The molecule has 5 nitrogen and oxygen atoms in total. The number of alkyl halides is 6. The summed E-state index contributed by atoms with van der Waals surface area (Å²) in [6, 6.07) is 6.60. The Bertz CT molecular complexity index is 1100. The molecule has 4 rings (SSSR count). The maximum absolute atomic E-state index is 13.4. The Morgan fingerprint density at radius 2 is 1.65 bits per heavy atom. The number of carboxylic acid groups (broad SMARTS) is 1. The average molecular weight is 531 g/mol. The minimum absolute atomic E-state index is 0.0547. The van der Waals surface area contributed by atoms with Gasteiger partial charge in [-0.1, -0.05) is 31.4 Å². The minimum Gasteiger partial charge on any atom is -0.481 e. The van der Waals surface area contributed by atoms with Crippen LogP contribution in [-0.4, -0.2) is 41.1 Å². The highest BCUT2D eigenvalue weighted by atomic mass is 19.4. The first-order valence-corrected chi connectivity index (χ1v) is 11.8. The highest BCUT2D eigenvalue weighted by Crippen LogP contribution is 2.41. The molecule has 1 saturated heterocycles. The highest BCUT2D eigenvalue weighted by molar-refractivity contribution is 5.89. The van der Waals surface area contributed by atoms with Crippen LogP contribution in [0.25, 0.3) is 0 Å². The smallest absolute Gasteiger partial charge is 0.416 e. The molecule has 1 unspecified atom stereocenters. The van der Waals surface area contributed by atoms with E-state index in [1.807, 2.05) is 0 Å². The normalized spacial score (nSPS) is 16.7. The van der Waals surface area contributed by atoms with Crippen molar-refractivity contribution in [2.75, 3.05) is 13.1 Å². The van der Waals surface area contributed by atoms with Gasteiger partial charge in [0.05, 0.1) is 16.7 Å². The fraction of sp³-hybridized carbons (Fsp3) is 0.462. The topological polar surface area (TPSA) is 66.8 Å². The molecule has 0 radical (unpaired) electrons. The van der Waals surface area contributed by atoms with Crippen molar-refractivity contribution >= 4 is 11.9 Å². The van der Waals surface area contributed by atoms with E-state index in [9.17, 15) is 35.9 Å². The Morgan fingerprint density at radius 3 is 2.19 bits per heavy atom. The van der Waals surface area contributed by atoms with E-state index in [0.717, 1.165) is 0 Å². The van der Waals surface area contributed by atoms with Crippen LogP contribution in [0.1, 0.15) is 71.3 Å². The summed E-state index contributed by atoms with van der Waals surface area (Å²) in [7, 11) is 0. The molecule has 2 fully saturated rings. The number of likely N-dealkylation sites (tertiary alicyclic amines) is 1. The Hall–Kier alpha value is -3.08. The van der Waals surface area contributed by atoms with Crippen molar-refractivity contribution in [3.8, 4) is 0 Å². The molecule has 2 aromatic rings. The lowest BCUT2D eigenvalue weighted by molar-refractivity contribution is -0.142. The van der Waals surface area contributed by atoms with Crippen molar-refractivity contribution in [3.63, 3.8) is 0 Å². The number of carboxylic acids is 1. The predicted molar refractivity (Wildman–Crippen MR) is 122 cm³/mol. The third-order valence-corrected chi connectivity index (χ3v) is 5.98. The van der Waals surface area contributed by atoms with Gasteiger partial charge in [-0.05, 0) is 54.8 Å². The third-order valence-electron chi connectivity index (χ3n) is 5.98. The number of ether oxygens (including phenoxy) is 1. The maximum Gasteiger partial charge on any atom is 0.416 e. The van der Waals surface area contributed by atoms with Gasteiger partial charge in [-0.25, -0.2) is 4.79 Å². The van der Waals surface area contributed by atoms with E-state index in [-0.39, 0.29) is 31.5 Å². The van der Waals surface area contributed by atoms with Crippen molar-refractivity contribution < 1.29 is 45.8 Å². The summed E-state index contributed by atoms with van der Waals surface area (Å²) in [4.78, 5) is 24.6. The maximum atomic E-state index is 13.4. The lowest BCUT2D eigenvalue weighted by atomic mass is 9.94. The summed E-state index contributed by atoms with van der Waals surface area (Å²) in [5.41, 5.74) is -1.99. The fourth-order valence-electron chi connectivity index (χ4n) is 3.72. The average Bonchev–Trinajstić information content (AvgIpc) is 3.67. The molecule has 0 spiro atoms. The predicted octanol–water partition coefficient (Wildman–Crippen LogP) is 6.51. The Kier molecular flexibility index (Phi) is 8.88. The van der Waals surface area contributed by atoms with Crippen molar-refractivity contribution in [3.05, 3.63) is 70.3 Å². The summed E-state index contributed by atoms with van der Waals surface area (Å²) in [6.45, 7) is 1.48. The zero-order chi connectivity index (χ0) is 27.4. The number of carbonyl (C=O) groups is 2. The number of aryl methyl sites for hydroxylation is 1. The van der Waals surface area contributed by atoms with Crippen LogP contribution in [0.3, 0.4) is 0 Å². The van der Waals surface area contributed by atoms with Crippen molar-refractivity contribution in [2.45, 2.75) is 63.5 Å². The number of carbonyl (C=O) groups excluding carboxylic acids is 1. The number of halogens is 6. The molecule has 1 N–H and O–H groups in total. The molecule has 1 aliphatic heterocycles. The number of nitrogens with zero attached hydrogens (tertiary/aromatic N) is 1. The highest BCUT2D eigenvalue weighted by Gasteiger charge is 2.41. The summed E-state index contributed by atoms with van der Waals surface area (Å²) < 4.78 is 84.7. The zero-order valence-electron chi connectivity index (χ0n) is 20.0. The molecule has 11 heteroatoms. The lowest BCUT2D eigenvalue weighted by Gasteiger charge is -2.43. The van der Waals surface area contributed by atoms with Gasteiger partial charge < -0.3 is 9.84 Å². The Morgan fingerprint density at radius 1 is 1.00 bits per heavy atom. The first kappa shape index (κ1) is 28.5. The standard InChI is InChI=1S/C23H21F6NO4.C3H6/c1-13(18-10-16(22(24,25)26)6-7-19(18)23(27,28)29)30-11-17(12-30)34-21(33)15-4-2-3-14(9-15)5-8-20(31)32;1-2-3-1/h2-4,6-7,9-10,13,17H,5,8,11-12H2,1H3,(H,31,32);1-3H2. The zero-order valence-corrected chi connectivity index (χ0v) is 20.0. The monoisotopic (exact) mass is 531 g/mol. The second-order valence-corrected chi connectivity index (χ2v) is 9.11. The molecule has 37 heavy (non-hydrogen) atoms. The van der Waals surface area contributed by atoms with Crippen LogP contribution in [0.5, 0.6) is 0 Å². The van der Waals surface area contributed by atoms with Gasteiger partial charge in [0.25, 0.3) is 0 Å². The second kappa shape index (κ2) is 11.5. The van der Waals surface area contributed by atoms with Crippen LogP contribution in [0.4, 0.5) is 26.3 Å². The third kappa shape index (κ3) is 8.21. The van der Waals surface area contributed by atoms with Gasteiger partial charge in [0.15, 0.2) is 0 Å². The van der Waals surface area contributed by atoms with Crippen molar-refractivity contribution in [1.29, 1.82) is 0 Å². The lowest BCUT2D eigenvalue weighted by Crippen LogP contribution is -2.53. The van der Waals surface area contributed by atoms with Gasteiger partial charge in [-0.3, -0.25) is 9.69 Å². The molecular weight excluding hydrogens is 504 g/mol. The van der Waals surface area contributed by atoms with Gasteiger partial charge in [0.1, 0.15) is 6.10 Å². The molecule has 0 aromatic heterocycles. The van der Waals surface area contributed by atoms with E-state index in [4.69, 9.17) is 9.84 Å². The number of rotatable bonds is 7. The first-order chi connectivity index (χ1) is 17.3. The van der Waals surface area contributed by atoms with Crippen molar-refractivity contribution in [1.82, 2.24) is 4.90 Å². The summed E-state index contributed by atoms with van der Waals surface area (Å²) >= 11 is 0. The second-order valence-electron chi connectivity index (χ2n) is 9.11. The molecule has 2 aromatic carbocycles. The SMILES string of the molecule is C1CC1.CC(c1cc(C(F)(F)F)ccc1C(F)(F)F)N1CC(OC(=O)c2cccc(CCC(=O)O)c2)C1. The summed E-state index contributed by atoms with van der Waals surface area (Å²) in [5, 5.41) is 8.77. The summed E-state index contributed by atoms with van der Waals surface area (Å²) in [5.74, 6) is -1.66. The number of aliphatic carboxylic acids is 1. The molecule has 2 aliphatic rings. The largest absolute Gasteiger partial charge is 0.481 e. The van der Waals surface area contributed by atoms with E-state index in [1.54, 1.807) is 12.1 Å². The molecule has 0 amide bonds. The van der Waals surface area contributed by atoms with E-state index in [1.165, 1.54) is 43.2 Å². The van der Waals surface area contributed by atoms with Crippen LogP contribution in [0, 0.1) is 0 Å². The summed E-state index contributed by atoms with van der Waals surface area (Å²) in [6.07, 6.45) is -5.63. The molecular formula is C26H27F6NO4.